The second-order valence-electron chi connectivity index (χ2n) is 12.0. The minimum Gasteiger partial charge on any atom is -0.489 e. The molecule has 0 spiro atoms. The fourth-order valence-corrected chi connectivity index (χ4v) is 7.66. The number of esters is 1. The van der Waals surface area contributed by atoms with Crippen LogP contribution in [0.3, 0.4) is 0 Å². The van der Waals surface area contributed by atoms with Crippen molar-refractivity contribution in [3.8, 4) is 11.5 Å². The molecule has 2 fully saturated rings. The van der Waals surface area contributed by atoms with Crippen molar-refractivity contribution in [2.75, 3.05) is 27.2 Å². The number of aromatic nitrogens is 1. The van der Waals surface area contributed by atoms with E-state index in [9.17, 15) is 26.8 Å². The highest BCUT2D eigenvalue weighted by Gasteiger charge is 2.40. The number of aromatic amines is 1. The van der Waals surface area contributed by atoms with Gasteiger partial charge in [-0.2, -0.15) is 13.1 Å². The van der Waals surface area contributed by atoms with Gasteiger partial charge < -0.3 is 19.1 Å². The molecule has 48 heavy (non-hydrogen) atoms. The zero-order chi connectivity index (χ0) is 34.6. The minimum absolute atomic E-state index is 0.0244. The molecule has 1 aliphatic heterocycles. The van der Waals surface area contributed by atoms with E-state index in [1.807, 2.05) is 0 Å². The van der Waals surface area contributed by atoms with Gasteiger partial charge in [0.25, 0.3) is 5.91 Å². The molecule has 1 aromatic heterocycles. The normalized spacial score (nSPS) is 17.5. The standard InChI is InChI=1S/C33H35Cl2F2N3O7S/c1-39(2)31(41)22-6-5-7-23(14-22)48(43,44)40-13-4-3-8-27(40)32(42)46-29(16-24-25(34)17-38-18-26(24)35)21-11-12-28(47-33(36)37)30(15-21)45-19-20-9-10-20/h5-7,11-12,14-15,17-18,20,27,29,33H,3-4,8-10,13,16,19H2,1-2H3/p+1/t27-,29+/m1/s1. The molecule has 0 bridgehead atoms. The number of carbonyl (C=O) groups excluding carboxylic acids is 2. The lowest BCUT2D eigenvalue weighted by Crippen LogP contribution is -2.48. The highest BCUT2D eigenvalue weighted by atomic mass is 35.5. The molecule has 10 nitrogen and oxygen atoms in total. The maximum absolute atomic E-state index is 14.0. The molecule has 2 heterocycles. The van der Waals surface area contributed by atoms with Crippen LogP contribution in [0.2, 0.25) is 10.0 Å². The van der Waals surface area contributed by atoms with Crippen molar-refractivity contribution in [2.45, 2.75) is 62.2 Å². The van der Waals surface area contributed by atoms with Crippen molar-refractivity contribution in [2.24, 2.45) is 5.92 Å². The molecular weight excluding hydrogens is 691 g/mol. The van der Waals surface area contributed by atoms with Gasteiger partial charge in [-0.25, -0.2) is 13.4 Å². The molecule has 2 aliphatic rings. The van der Waals surface area contributed by atoms with Crippen LogP contribution >= 0.6 is 23.2 Å². The van der Waals surface area contributed by atoms with E-state index in [0.717, 1.165) is 17.1 Å². The number of halogens is 4. The summed E-state index contributed by atoms with van der Waals surface area (Å²) in [6, 6.07) is 8.74. The van der Waals surface area contributed by atoms with Crippen LogP contribution < -0.4 is 14.5 Å². The topological polar surface area (TPSA) is 117 Å². The Bertz CT molecular complexity index is 1740. The molecule has 2 aromatic carbocycles. The molecule has 15 heteroatoms. The van der Waals surface area contributed by atoms with Crippen LogP contribution in [-0.2, 0) is 26.0 Å². The van der Waals surface area contributed by atoms with E-state index in [2.05, 4.69) is 9.72 Å². The smallest absolute Gasteiger partial charge is 0.387 e. The zero-order valence-corrected chi connectivity index (χ0v) is 28.7. The Kier molecular flexibility index (Phi) is 11.4. The van der Waals surface area contributed by atoms with Crippen LogP contribution in [0, 0.1) is 5.92 Å². The number of benzene rings is 2. The number of ether oxygens (including phenoxy) is 3. The molecule has 3 aromatic rings. The van der Waals surface area contributed by atoms with Gasteiger partial charge >= 0.3 is 12.6 Å². The van der Waals surface area contributed by atoms with Gasteiger partial charge in [0.1, 0.15) is 22.2 Å². The minimum atomic E-state index is -4.24. The number of alkyl halides is 2. The predicted molar refractivity (Wildman–Crippen MR) is 173 cm³/mol. The van der Waals surface area contributed by atoms with Gasteiger partial charge in [-0.15, -0.1) is 0 Å². The van der Waals surface area contributed by atoms with Gasteiger partial charge in [-0.3, -0.25) is 9.59 Å². The van der Waals surface area contributed by atoms with Gasteiger partial charge in [-0.05, 0) is 73.9 Å². The van der Waals surface area contributed by atoms with Crippen LogP contribution in [-0.4, -0.2) is 69.4 Å². The molecule has 5 rings (SSSR count). The maximum atomic E-state index is 14.0. The van der Waals surface area contributed by atoms with Gasteiger partial charge in [0.05, 0.1) is 11.5 Å². The molecule has 1 saturated heterocycles. The zero-order valence-electron chi connectivity index (χ0n) is 26.3. The van der Waals surface area contributed by atoms with Crippen molar-refractivity contribution in [3.05, 3.63) is 81.6 Å². The number of sulfonamides is 1. The second-order valence-corrected chi connectivity index (χ2v) is 14.7. The Hall–Kier alpha value is -3.52. The number of nitrogens with one attached hydrogen (secondary N) is 1. The highest BCUT2D eigenvalue weighted by molar-refractivity contribution is 7.89. The molecule has 0 radical (unpaired) electrons. The van der Waals surface area contributed by atoms with E-state index in [0.29, 0.717) is 36.5 Å². The maximum Gasteiger partial charge on any atom is 0.387 e. The van der Waals surface area contributed by atoms with Gasteiger partial charge in [-0.1, -0.05) is 35.3 Å². The van der Waals surface area contributed by atoms with E-state index >= 15 is 0 Å². The summed E-state index contributed by atoms with van der Waals surface area (Å²) >= 11 is 12.9. The molecule has 2 atom stereocenters. The predicted octanol–water partition coefficient (Wildman–Crippen LogP) is 5.97. The van der Waals surface area contributed by atoms with E-state index in [1.54, 1.807) is 14.1 Å². The van der Waals surface area contributed by atoms with Crippen LogP contribution in [0.15, 0.2) is 59.8 Å². The first-order valence-electron chi connectivity index (χ1n) is 15.4. The van der Waals surface area contributed by atoms with Crippen molar-refractivity contribution < 1.29 is 46.0 Å². The summed E-state index contributed by atoms with van der Waals surface area (Å²) in [6.07, 6.45) is 5.12. The summed E-state index contributed by atoms with van der Waals surface area (Å²) < 4.78 is 72.1. The highest BCUT2D eigenvalue weighted by Crippen LogP contribution is 2.38. The third kappa shape index (κ3) is 8.55. The first kappa shape index (κ1) is 35.8. The molecule has 258 valence electrons. The Balaban J connectivity index is 1.47. The van der Waals surface area contributed by atoms with E-state index in [4.69, 9.17) is 32.7 Å². The lowest BCUT2D eigenvalue weighted by Gasteiger charge is -2.34. The van der Waals surface area contributed by atoms with E-state index < -0.39 is 34.7 Å². The Morgan fingerprint density at radius 2 is 1.75 bits per heavy atom. The number of hydrogen-bond acceptors (Lipinski definition) is 7. The Morgan fingerprint density at radius 1 is 1.02 bits per heavy atom. The van der Waals surface area contributed by atoms with E-state index in [1.165, 1.54) is 59.8 Å². The van der Waals surface area contributed by atoms with Crippen molar-refractivity contribution in [1.82, 2.24) is 9.21 Å². The first-order valence-corrected chi connectivity index (χ1v) is 17.6. The number of nitrogens with zero attached hydrogens (tertiary/aromatic N) is 2. The van der Waals surface area contributed by atoms with Crippen molar-refractivity contribution >= 4 is 45.1 Å². The number of H-pyrrole nitrogens is 1. The SMILES string of the molecule is CN(C)C(=O)c1cccc(S(=O)(=O)N2CCCC[C@@H]2C(=O)O[C@@H](Cc2c(Cl)c[nH+]cc2Cl)c2ccc(OC(F)F)c(OCC3CC3)c2)c1. The van der Waals surface area contributed by atoms with Crippen molar-refractivity contribution in [1.29, 1.82) is 0 Å². The average Bonchev–Trinajstić information content (AvgIpc) is 3.89. The van der Waals surface area contributed by atoms with Crippen molar-refractivity contribution in [3.63, 3.8) is 0 Å². The number of amides is 1. The van der Waals surface area contributed by atoms with Crippen LogP contribution in [0.5, 0.6) is 11.5 Å². The number of rotatable bonds is 13. The fraction of sp³-hybridized carbons (Fsp3) is 0.424. The fourth-order valence-electron chi connectivity index (χ4n) is 5.44. The summed E-state index contributed by atoms with van der Waals surface area (Å²) in [6.45, 7) is -2.73. The Morgan fingerprint density at radius 3 is 2.42 bits per heavy atom. The van der Waals surface area contributed by atoms with Crippen LogP contribution in [0.25, 0.3) is 0 Å². The van der Waals surface area contributed by atoms with Gasteiger partial charge in [0.2, 0.25) is 10.0 Å². The van der Waals surface area contributed by atoms with E-state index in [-0.39, 0.29) is 57.3 Å². The molecule has 1 N–H and O–H groups in total. The molecular formula is C33H36Cl2F2N3O7S+. The average molecular weight is 728 g/mol. The molecule has 1 aliphatic carbocycles. The summed E-state index contributed by atoms with van der Waals surface area (Å²) in [5.41, 5.74) is 1.000. The van der Waals surface area contributed by atoms with Gasteiger partial charge in [0, 0.05) is 38.2 Å². The number of hydrogen-bond donors (Lipinski definition) is 0. The lowest BCUT2D eigenvalue weighted by atomic mass is 10.0. The summed E-state index contributed by atoms with van der Waals surface area (Å²) in [4.78, 5) is 30.6. The quantitative estimate of drug-likeness (QED) is 0.199. The van der Waals surface area contributed by atoms with Crippen LogP contribution in [0.1, 0.15) is 59.7 Å². The number of carbonyl (C=O) groups is 2. The van der Waals surface area contributed by atoms with Gasteiger partial charge in [0.15, 0.2) is 23.9 Å². The largest absolute Gasteiger partial charge is 0.489 e. The monoisotopic (exact) mass is 726 g/mol. The molecule has 1 amide bonds. The number of piperidine rings is 1. The molecule has 0 unspecified atom stereocenters. The first-order chi connectivity index (χ1) is 22.8. The third-order valence-electron chi connectivity index (χ3n) is 8.19. The number of pyridine rings is 1. The lowest BCUT2D eigenvalue weighted by molar-refractivity contribution is -0.377. The van der Waals surface area contributed by atoms with Crippen LogP contribution in [0.4, 0.5) is 8.78 Å². The summed E-state index contributed by atoms with van der Waals surface area (Å²) in [5.74, 6) is -1.00. The third-order valence-corrected chi connectivity index (χ3v) is 10.8. The summed E-state index contributed by atoms with van der Waals surface area (Å²) in [7, 11) is -1.11. The second kappa shape index (κ2) is 15.4. The Labute approximate surface area is 287 Å². The molecule has 1 saturated carbocycles. The summed E-state index contributed by atoms with van der Waals surface area (Å²) in [5, 5.41) is 0.529.